The molecule has 0 bridgehead atoms. The van der Waals surface area contributed by atoms with Gasteiger partial charge < -0.3 is 14.8 Å². The van der Waals surface area contributed by atoms with Crippen molar-refractivity contribution >= 4 is 33.8 Å². The van der Waals surface area contributed by atoms with Crippen molar-refractivity contribution in [3.05, 3.63) is 78.0 Å². The van der Waals surface area contributed by atoms with Gasteiger partial charge >= 0.3 is 0 Å². The normalized spacial score (nSPS) is 14.0. The van der Waals surface area contributed by atoms with Crippen molar-refractivity contribution < 1.29 is 19.1 Å². The van der Waals surface area contributed by atoms with Gasteiger partial charge in [0.2, 0.25) is 0 Å². The lowest BCUT2D eigenvalue weighted by Gasteiger charge is -2.15. The van der Waals surface area contributed by atoms with Crippen LogP contribution in [0.3, 0.4) is 0 Å². The van der Waals surface area contributed by atoms with E-state index >= 15 is 0 Å². The van der Waals surface area contributed by atoms with Crippen LogP contribution in [0.15, 0.2) is 72.4 Å². The Hall–Kier alpha value is -3.64. The molecule has 4 rings (SSSR count). The number of imide groups is 1. The SMILES string of the molecule is COCCCN1C(=O)C(Nc2cccc3ccccc23)=C(c2ccc(OC(C)C)cc2)C1=O. The van der Waals surface area contributed by atoms with E-state index < -0.39 is 0 Å². The summed E-state index contributed by atoms with van der Waals surface area (Å²) in [5, 5.41) is 5.31. The standard InChI is InChI=1S/C27H28N2O4/c1-18(2)33-21-14-12-20(13-15-21)24-25(27(31)29(26(24)30)16-7-17-32-3)28-23-11-6-9-19-8-4-5-10-22(19)23/h4-6,8-15,18,28H,7,16-17H2,1-3H3. The Kier molecular flexibility index (Phi) is 6.75. The number of fused-ring (bicyclic) bond motifs is 1. The maximum atomic E-state index is 13.4. The van der Waals surface area contributed by atoms with Crippen molar-refractivity contribution in [1.82, 2.24) is 4.90 Å². The van der Waals surface area contributed by atoms with E-state index in [1.54, 1.807) is 7.11 Å². The van der Waals surface area contributed by atoms with E-state index in [0.29, 0.717) is 36.5 Å². The predicted octanol–water partition coefficient (Wildman–Crippen LogP) is 4.86. The van der Waals surface area contributed by atoms with Crippen molar-refractivity contribution in [3.63, 3.8) is 0 Å². The number of nitrogens with one attached hydrogen (secondary N) is 1. The van der Waals surface area contributed by atoms with E-state index in [1.165, 1.54) is 4.90 Å². The molecule has 3 aromatic carbocycles. The van der Waals surface area contributed by atoms with Gasteiger partial charge in [-0.3, -0.25) is 14.5 Å². The monoisotopic (exact) mass is 444 g/mol. The molecule has 0 aromatic heterocycles. The number of carbonyl (C=O) groups excluding carboxylic acids is 2. The number of benzene rings is 3. The number of rotatable bonds is 9. The lowest BCUT2D eigenvalue weighted by molar-refractivity contribution is -0.136. The Bertz CT molecular complexity index is 1190. The molecule has 1 heterocycles. The molecule has 0 spiro atoms. The summed E-state index contributed by atoms with van der Waals surface area (Å²) in [5.41, 5.74) is 2.09. The van der Waals surface area contributed by atoms with Gasteiger partial charge in [0.1, 0.15) is 11.4 Å². The maximum absolute atomic E-state index is 13.4. The molecule has 1 aliphatic heterocycles. The van der Waals surface area contributed by atoms with Crippen molar-refractivity contribution in [3.8, 4) is 5.75 Å². The van der Waals surface area contributed by atoms with Gasteiger partial charge in [0.05, 0.1) is 11.7 Å². The molecule has 1 aliphatic rings. The minimum Gasteiger partial charge on any atom is -0.491 e. The first-order chi connectivity index (χ1) is 16.0. The molecule has 3 aromatic rings. The first-order valence-corrected chi connectivity index (χ1v) is 11.1. The van der Waals surface area contributed by atoms with E-state index in [4.69, 9.17) is 9.47 Å². The second-order valence-corrected chi connectivity index (χ2v) is 8.20. The molecule has 0 radical (unpaired) electrons. The van der Waals surface area contributed by atoms with Crippen LogP contribution in [-0.4, -0.2) is 43.1 Å². The van der Waals surface area contributed by atoms with Crippen LogP contribution in [0, 0.1) is 0 Å². The summed E-state index contributed by atoms with van der Waals surface area (Å²) in [7, 11) is 1.60. The van der Waals surface area contributed by atoms with Crippen LogP contribution in [0.25, 0.3) is 16.3 Å². The van der Waals surface area contributed by atoms with Gasteiger partial charge in [0.25, 0.3) is 11.8 Å². The largest absolute Gasteiger partial charge is 0.491 e. The number of carbonyl (C=O) groups is 2. The second kappa shape index (κ2) is 9.88. The highest BCUT2D eigenvalue weighted by Gasteiger charge is 2.39. The summed E-state index contributed by atoms with van der Waals surface area (Å²) < 4.78 is 10.8. The van der Waals surface area contributed by atoms with E-state index in [0.717, 1.165) is 16.5 Å². The smallest absolute Gasteiger partial charge is 0.278 e. The van der Waals surface area contributed by atoms with Crippen LogP contribution in [0.2, 0.25) is 0 Å². The lowest BCUT2D eigenvalue weighted by atomic mass is 10.0. The number of amides is 2. The Balaban J connectivity index is 1.74. The van der Waals surface area contributed by atoms with Gasteiger partial charge in [-0.15, -0.1) is 0 Å². The molecule has 0 fully saturated rings. The minimum atomic E-state index is -0.332. The number of hydrogen-bond donors (Lipinski definition) is 1. The number of hydrogen-bond acceptors (Lipinski definition) is 5. The van der Waals surface area contributed by atoms with Crippen molar-refractivity contribution in [2.24, 2.45) is 0 Å². The van der Waals surface area contributed by atoms with Crippen molar-refractivity contribution in [1.29, 1.82) is 0 Å². The van der Waals surface area contributed by atoms with Gasteiger partial charge in [0.15, 0.2) is 0 Å². The molecule has 6 nitrogen and oxygen atoms in total. The van der Waals surface area contributed by atoms with E-state index in [9.17, 15) is 9.59 Å². The molecule has 0 unspecified atom stereocenters. The highest BCUT2D eigenvalue weighted by Crippen LogP contribution is 2.33. The van der Waals surface area contributed by atoms with Crippen LogP contribution in [0.5, 0.6) is 5.75 Å². The molecule has 0 aliphatic carbocycles. The zero-order valence-electron chi connectivity index (χ0n) is 19.1. The fourth-order valence-electron chi connectivity index (χ4n) is 3.97. The van der Waals surface area contributed by atoms with Crippen LogP contribution >= 0.6 is 0 Å². The number of ether oxygens (including phenoxy) is 2. The first kappa shape index (κ1) is 22.6. The number of anilines is 1. The topological polar surface area (TPSA) is 67.9 Å². The fraction of sp³-hybridized carbons (Fsp3) is 0.259. The van der Waals surface area contributed by atoms with Gasteiger partial charge in [0, 0.05) is 31.3 Å². The van der Waals surface area contributed by atoms with Crippen LogP contribution in [0.1, 0.15) is 25.8 Å². The molecule has 2 amide bonds. The summed E-state index contributed by atoms with van der Waals surface area (Å²) in [5.74, 6) is 0.0737. The highest BCUT2D eigenvalue weighted by atomic mass is 16.5. The Morgan fingerprint density at radius 3 is 2.36 bits per heavy atom. The summed E-state index contributed by atoms with van der Waals surface area (Å²) in [4.78, 5) is 28.0. The average molecular weight is 445 g/mol. The summed E-state index contributed by atoms with van der Waals surface area (Å²) in [6.07, 6.45) is 0.619. The second-order valence-electron chi connectivity index (χ2n) is 8.20. The molecule has 0 saturated heterocycles. The van der Waals surface area contributed by atoms with Crippen molar-refractivity contribution in [2.75, 3.05) is 25.6 Å². The Labute approximate surface area is 193 Å². The van der Waals surface area contributed by atoms with Crippen LogP contribution in [0.4, 0.5) is 5.69 Å². The van der Waals surface area contributed by atoms with Gasteiger partial charge in [-0.1, -0.05) is 48.5 Å². The molecular formula is C27H28N2O4. The third-order valence-corrected chi connectivity index (χ3v) is 5.46. The molecule has 33 heavy (non-hydrogen) atoms. The van der Waals surface area contributed by atoms with Gasteiger partial charge in [-0.25, -0.2) is 0 Å². The third kappa shape index (κ3) is 4.76. The zero-order chi connectivity index (χ0) is 23.4. The highest BCUT2D eigenvalue weighted by molar-refractivity contribution is 6.36. The maximum Gasteiger partial charge on any atom is 0.278 e. The van der Waals surface area contributed by atoms with Crippen molar-refractivity contribution in [2.45, 2.75) is 26.4 Å². The number of methoxy groups -OCH3 is 1. The molecule has 0 atom stereocenters. The molecule has 6 heteroatoms. The molecule has 1 N–H and O–H groups in total. The Morgan fingerprint density at radius 1 is 0.909 bits per heavy atom. The molecular weight excluding hydrogens is 416 g/mol. The number of nitrogens with zero attached hydrogens (tertiary/aromatic N) is 1. The van der Waals surface area contributed by atoms with Gasteiger partial charge in [-0.05, 0) is 49.4 Å². The zero-order valence-corrected chi connectivity index (χ0v) is 19.1. The quantitative estimate of drug-likeness (QED) is 0.377. The predicted molar refractivity (Wildman–Crippen MR) is 130 cm³/mol. The van der Waals surface area contributed by atoms with E-state index in [2.05, 4.69) is 5.32 Å². The van der Waals surface area contributed by atoms with E-state index in [-0.39, 0.29) is 23.6 Å². The van der Waals surface area contributed by atoms with E-state index in [1.807, 2.05) is 80.6 Å². The molecule has 170 valence electrons. The Morgan fingerprint density at radius 2 is 1.64 bits per heavy atom. The minimum absolute atomic E-state index is 0.0459. The van der Waals surface area contributed by atoms with Gasteiger partial charge in [-0.2, -0.15) is 0 Å². The third-order valence-electron chi connectivity index (χ3n) is 5.46. The summed E-state index contributed by atoms with van der Waals surface area (Å²) >= 11 is 0. The average Bonchev–Trinajstić information content (AvgIpc) is 3.04. The lowest BCUT2D eigenvalue weighted by Crippen LogP contribution is -2.33. The fourth-order valence-corrected chi connectivity index (χ4v) is 3.97. The first-order valence-electron chi connectivity index (χ1n) is 11.1. The summed E-state index contributed by atoms with van der Waals surface area (Å²) in [6.45, 7) is 4.68. The van der Waals surface area contributed by atoms with Crippen LogP contribution in [-0.2, 0) is 14.3 Å². The molecule has 0 saturated carbocycles. The summed E-state index contributed by atoms with van der Waals surface area (Å²) in [6, 6.07) is 21.1. The van der Waals surface area contributed by atoms with Crippen LogP contribution < -0.4 is 10.1 Å².